The van der Waals surface area contributed by atoms with Crippen molar-refractivity contribution < 1.29 is 32.9 Å². The van der Waals surface area contributed by atoms with E-state index in [0.29, 0.717) is 24.5 Å². The van der Waals surface area contributed by atoms with E-state index in [1.165, 1.54) is 28.9 Å². The molecule has 1 aromatic heterocycles. The summed E-state index contributed by atoms with van der Waals surface area (Å²) in [5.74, 6) is -1.43. The fraction of sp³-hybridized carbons (Fsp3) is 0.435. The second-order valence-electron chi connectivity index (χ2n) is 9.22. The monoisotopic (exact) mass is 501 g/mol. The molecular formula is C23H24FN5O7. The summed E-state index contributed by atoms with van der Waals surface area (Å²) in [6.45, 7) is 2.85. The molecule has 1 aromatic carbocycles. The molecule has 5 rings (SSSR count). The Bertz CT molecular complexity index is 1240. The molecule has 13 heteroatoms. The first kappa shape index (κ1) is 23.6. The Labute approximate surface area is 204 Å². The van der Waals surface area contributed by atoms with Crippen molar-refractivity contribution in [3.05, 3.63) is 52.0 Å². The number of fused-ring (bicyclic) bond motifs is 1. The van der Waals surface area contributed by atoms with Gasteiger partial charge in [-0.15, -0.1) is 0 Å². The number of nitrogens with one attached hydrogen (secondary N) is 1. The lowest BCUT2D eigenvalue weighted by Crippen LogP contribution is -2.36. The van der Waals surface area contributed by atoms with Crippen molar-refractivity contribution in [1.82, 2.24) is 10.2 Å². The van der Waals surface area contributed by atoms with Crippen molar-refractivity contribution in [3.63, 3.8) is 0 Å². The number of halogens is 1. The third-order valence-electron chi connectivity index (χ3n) is 6.94. The number of benzene rings is 1. The number of nitro groups is 1. The van der Waals surface area contributed by atoms with Gasteiger partial charge in [0.05, 0.1) is 30.5 Å². The van der Waals surface area contributed by atoms with Crippen LogP contribution in [0.2, 0.25) is 0 Å². The Balaban J connectivity index is 1.19. The number of amides is 3. The standard InChI is InChI=1S/C23H24FN5O7/c1-12(30)25-8-14-9-28(23(32)35-14)13-3-4-18(17(24)7-13)27-10-15-16(11-27)21(15)26(2)22(31)19-5-6-20(36-19)29(33)34/h3-7,14-16,21H,8-11H2,1-2H3,(H,25,30)/t14-,15-,16+,21?/m0/s1. The molecule has 1 aliphatic carbocycles. The van der Waals surface area contributed by atoms with Crippen LogP contribution in [-0.4, -0.2) is 73.1 Å². The van der Waals surface area contributed by atoms with E-state index in [9.17, 15) is 24.5 Å². The van der Waals surface area contributed by atoms with E-state index in [0.717, 1.165) is 6.07 Å². The van der Waals surface area contributed by atoms with E-state index in [-0.39, 0.29) is 42.6 Å². The van der Waals surface area contributed by atoms with Gasteiger partial charge in [0.15, 0.2) is 5.76 Å². The minimum absolute atomic E-state index is 0.0554. The average molecular weight is 501 g/mol. The molecule has 4 atom stereocenters. The number of cyclic esters (lactones) is 1. The molecule has 2 aromatic rings. The number of nitrogens with zero attached hydrogens (tertiary/aromatic N) is 4. The summed E-state index contributed by atoms with van der Waals surface area (Å²) in [4.78, 5) is 50.8. The zero-order valence-electron chi connectivity index (χ0n) is 19.5. The summed E-state index contributed by atoms with van der Waals surface area (Å²) in [6, 6.07) is 6.94. The van der Waals surface area contributed by atoms with E-state index >= 15 is 4.39 Å². The summed E-state index contributed by atoms with van der Waals surface area (Å²) in [5.41, 5.74) is 0.773. The van der Waals surface area contributed by atoms with Crippen molar-refractivity contribution in [2.45, 2.75) is 19.1 Å². The minimum Gasteiger partial charge on any atom is -0.442 e. The highest BCUT2D eigenvalue weighted by atomic mass is 19.1. The molecule has 0 spiro atoms. The van der Waals surface area contributed by atoms with Gasteiger partial charge in [-0.25, -0.2) is 9.18 Å². The largest absolute Gasteiger partial charge is 0.442 e. The van der Waals surface area contributed by atoms with E-state index in [1.807, 2.05) is 4.90 Å². The molecule has 36 heavy (non-hydrogen) atoms. The molecule has 3 heterocycles. The smallest absolute Gasteiger partial charge is 0.433 e. The van der Waals surface area contributed by atoms with Gasteiger partial charge in [0.25, 0.3) is 5.91 Å². The molecule has 2 aliphatic heterocycles. The van der Waals surface area contributed by atoms with Crippen LogP contribution in [0.4, 0.5) is 26.4 Å². The van der Waals surface area contributed by atoms with E-state index in [1.54, 1.807) is 19.2 Å². The van der Waals surface area contributed by atoms with Gasteiger partial charge in [-0.3, -0.25) is 24.6 Å². The van der Waals surface area contributed by atoms with Crippen molar-refractivity contribution in [3.8, 4) is 0 Å². The number of hydrogen-bond acceptors (Lipinski definition) is 8. The van der Waals surface area contributed by atoms with Crippen molar-refractivity contribution in [2.24, 2.45) is 11.8 Å². The van der Waals surface area contributed by atoms with E-state index < -0.39 is 34.7 Å². The third-order valence-corrected chi connectivity index (χ3v) is 6.94. The van der Waals surface area contributed by atoms with Gasteiger partial charge in [-0.05, 0) is 24.3 Å². The maximum Gasteiger partial charge on any atom is 0.433 e. The summed E-state index contributed by atoms with van der Waals surface area (Å²) >= 11 is 0. The van der Waals surface area contributed by atoms with Crippen molar-refractivity contribution in [2.75, 3.05) is 43.0 Å². The molecular weight excluding hydrogens is 477 g/mol. The number of piperidine rings is 1. The van der Waals surface area contributed by atoms with Crippen molar-refractivity contribution in [1.29, 1.82) is 0 Å². The average Bonchev–Trinajstić information content (AvgIpc) is 3.26. The van der Waals surface area contributed by atoms with Crippen LogP contribution in [0.5, 0.6) is 0 Å². The SMILES string of the molecule is CC(=O)NC[C@H]1CN(c2ccc(N3C[C@@H]4C(N(C)C(=O)c5ccc([N+](=O)[O-])o5)[C@@H]4C3)c(F)c2)C(=O)O1. The Hall–Kier alpha value is -4.16. The molecule has 2 saturated heterocycles. The third kappa shape index (κ3) is 4.20. The number of carbonyl (C=O) groups is 3. The van der Waals surface area contributed by atoms with Crippen LogP contribution in [0, 0.1) is 27.8 Å². The summed E-state index contributed by atoms with van der Waals surface area (Å²) in [5, 5.41) is 13.4. The number of rotatable bonds is 7. The maximum absolute atomic E-state index is 15.0. The van der Waals surface area contributed by atoms with Gasteiger partial charge in [-0.2, -0.15) is 0 Å². The zero-order valence-corrected chi connectivity index (χ0v) is 19.5. The predicted octanol–water partition coefficient (Wildman–Crippen LogP) is 2.00. The van der Waals surface area contributed by atoms with Gasteiger partial charge >= 0.3 is 12.0 Å². The topological polar surface area (TPSA) is 138 Å². The fourth-order valence-electron chi connectivity index (χ4n) is 5.13. The molecule has 3 fully saturated rings. The molecule has 3 amide bonds. The Morgan fingerprint density at radius 2 is 1.94 bits per heavy atom. The molecule has 0 bridgehead atoms. The first-order valence-electron chi connectivity index (χ1n) is 11.4. The lowest BCUT2D eigenvalue weighted by Gasteiger charge is -2.26. The van der Waals surface area contributed by atoms with Gasteiger partial charge in [-0.1, -0.05) is 0 Å². The quantitative estimate of drug-likeness (QED) is 0.449. The fourth-order valence-corrected chi connectivity index (χ4v) is 5.13. The second kappa shape index (κ2) is 8.81. The van der Waals surface area contributed by atoms with Gasteiger partial charge < -0.3 is 24.3 Å². The number of hydrogen-bond donors (Lipinski definition) is 1. The Morgan fingerprint density at radius 1 is 1.22 bits per heavy atom. The van der Waals surface area contributed by atoms with Crippen LogP contribution in [0.15, 0.2) is 34.7 Å². The van der Waals surface area contributed by atoms with Crippen LogP contribution in [0.3, 0.4) is 0 Å². The molecule has 3 aliphatic rings. The van der Waals surface area contributed by atoms with Gasteiger partial charge in [0, 0.05) is 44.9 Å². The van der Waals surface area contributed by atoms with Crippen molar-refractivity contribution >= 4 is 35.2 Å². The summed E-state index contributed by atoms with van der Waals surface area (Å²) in [7, 11) is 1.63. The lowest BCUT2D eigenvalue weighted by molar-refractivity contribution is -0.402. The highest BCUT2D eigenvalue weighted by molar-refractivity contribution is 5.92. The van der Waals surface area contributed by atoms with Crippen LogP contribution in [0.25, 0.3) is 0 Å². The minimum atomic E-state index is -0.697. The summed E-state index contributed by atoms with van der Waals surface area (Å²) in [6.07, 6.45) is -1.11. The molecule has 190 valence electrons. The number of ether oxygens (including phenoxy) is 1. The number of anilines is 2. The molecule has 1 N–H and O–H groups in total. The van der Waals surface area contributed by atoms with Crippen LogP contribution >= 0.6 is 0 Å². The first-order chi connectivity index (χ1) is 17.1. The highest BCUT2D eigenvalue weighted by Crippen LogP contribution is 2.50. The van der Waals surface area contributed by atoms with Crippen LogP contribution < -0.4 is 15.1 Å². The van der Waals surface area contributed by atoms with Crippen LogP contribution in [0.1, 0.15) is 17.5 Å². The summed E-state index contributed by atoms with van der Waals surface area (Å²) < 4.78 is 25.3. The van der Waals surface area contributed by atoms with Gasteiger partial charge in [0.2, 0.25) is 5.91 Å². The first-order valence-corrected chi connectivity index (χ1v) is 11.4. The van der Waals surface area contributed by atoms with Gasteiger partial charge in [0.1, 0.15) is 16.8 Å². The van der Waals surface area contributed by atoms with E-state index in [4.69, 9.17) is 9.15 Å². The van der Waals surface area contributed by atoms with E-state index in [2.05, 4.69) is 5.32 Å². The highest BCUT2D eigenvalue weighted by Gasteiger charge is 2.59. The van der Waals surface area contributed by atoms with Crippen LogP contribution in [-0.2, 0) is 9.53 Å². The Kier molecular flexibility index (Phi) is 5.77. The number of furan rings is 1. The lowest BCUT2D eigenvalue weighted by atomic mass is 10.2. The molecule has 12 nitrogen and oxygen atoms in total. The molecule has 1 saturated carbocycles. The Morgan fingerprint density at radius 3 is 2.56 bits per heavy atom. The molecule has 0 radical (unpaired) electrons. The second-order valence-corrected chi connectivity index (χ2v) is 9.22. The maximum atomic E-state index is 15.0. The number of carbonyl (C=O) groups excluding carboxylic acids is 3. The molecule has 1 unspecified atom stereocenters. The zero-order chi connectivity index (χ0) is 25.7. The predicted molar refractivity (Wildman–Crippen MR) is 123 cm³/mol. The normalized spacial score (nSPS) is 24.4.